The number of carbonyl (C=O) groups excluding carboxylic acids is 1. The van der Waals surface area contributed by atoms with Crippen molar-refractivity contribution in [2.75, 3.05) is 4.90 Å². The van der Waals surface area contributed by atoms with E-state index in [1.54, 1.807) is 11.0 Å². The number of hydrogen-bond donors (Lipinski definition) is 0. The zero-order valence-corrected chi connectivity index (χ0v) is 17.0. The highest BCUT2D eigenvalue weighted by atomic mass is 32.1. The van der Waals surface area contributed by atoms with Gasteiger partial charge in [-0.2, -0.15) is 0 Å². The number of rotatable bonds is 2. The topological polar surface area (TPSA) is 63.4 Å². The predicted octanol–water partition coefficient (Wildman–Crippen LogP) is 4.92. The van der Waals surface area contributed by atoms with Crippen LogP contribution >= 0.6 is 11.3 Å². The third-order valence-corrected chi connectivity index (χ3v) is 6.19. The molecular formula is C23H18N2O3S. The van der Waals surface area contributed by atoms with Crippen molar-refractivity contribution >= 4 is 33.3 Å². The molecule has 0 N–H and O–H groups in total. The van der Waals surface area contributed by atoms with E-state index in [1.807, 2.05) is 62.5 Å². The van der Waals surface area contributed by atoms with Gasteiger partial charge < -0.3 is 4.42 Å². The number of amides is 1. The third kappa shape index (κ3) is 2.71. The summed E-state index contributed by atoms with van der Waals surface area (Å²) in [5.74, 6) is -0.232. The second kappa shape index (κ2) is 6.39. The maximum absolute atomic E-state index is 13.5. The first-order valence-corrected chi connectivity index (χ1v) is 10.2. The molecule has 144 valence electrons. The van der Waals surface area contributed by atoms with Crippen LogP contribution in [0.3, 0.4) is 0 Å². The quantitative estimate of drug-likeness (QED) is 0.477. The minimum absolute atomic E-state index is 0.102. The van der Waals surface area contributed by atoms with Crippen molar-refractivity contribution in [1.82, 2.24) is 4.98 Å². The molecule has 2 aromatic carbocycles. The number of anilines is 1. The van der Waals surface area contributed by atoms with Crippen molar-refractivity contribution in [1.29, 1.82) is 0 Å². The van der Waals surface area contributed by atoms with Crippen molar-refractivity contribution in [2.45, 2.75) is 26.8 Å². The fourth-order valence-corrected chi connectivity index (χ4v) is 4.63. The molecule has 0 fully saturated rings. The smallest absolute Gasteiger partial charge is 0.297 e. The lowest BCUT2D eigenvalue weighted by molar-refractivity contribution is 0.0971. The van der Waals surface area contributed by atoms with E-state index in [-0.39, 0.29) is 17.1 Å². The summed E-state index contributed by atoms with van der Waals surface area (Å²) in [6.07, 6.45) is 0. The Morgan fingerprint density at radius 3 is 2.41 bits per heavy atom. The Morgan fingerprint density at radius 1 is 1.00 bits per heavy atom. The molecule has 1 aliphatic heterocycles. The Balaban J connectivity index is 1.83. The minimum Gasteiger partial charge on any atom is -0.450 e. The Kier molecular flexibility index (Phi) is 3.93. The van der Waals surface area contributed by atoms with Gasteiger partial charge in [0.25, 0.3) is 5.91 Å². The van der Waals surface area contributed by atoms with E-state index in [9.17, 15) is 9.59 Å². The van der Waals surface area contributed by atoms with Crippen molar-refractivity contribution in [2.24, 2.45) is 0 Å². The average Bonchev–Trinajstić information content (AvgIpc) is 3.25. The van der Waals surface area contributed by atoms with Gasteiger partial charge >= 0.3 is 0 Å². The molecule has 1 atom stereocenters. The van der Waals surface area contributed by atoms with Gasteiger partial charge in [0.05, 0.1) is 22.7 Å². The van der Waals surface area contributed by atoms with Gasteiger partial charge in [-0.25, -0.2) is 4.98 Å². The first kappa shape index (κ1) is 17.8. The molecule has 5 nitrogen and oxygen atoms in total. The molecule has 0 aliphatic carbocycles. The van der Waals surface area contributed by atoms with Crippen LogP contribution < -0.4 is 10.3 Å². The number of thiazole rings is 1. The van der Waals surface area contributed by atoms with Crippen molar-refractivity contribution in [3.63, 3.8) is 0 Å². The normalized spacial score (nSPS) is 15.9. The molecular weight excluding hydrogens is 384 g/mol. The fourth-order valence-electron chi connectivity index (χ4n) is 3.80. The molecule has 1 amide bonds. The Hall–Kier alpha value is -3.25. The van der Waals surface area contributed by atoms with E-state index < -0.39 is 6.04 Å². The zero-order valence-electron chi connectivity index (χ0n) is 16.2. The number of fused-ring (bicyclic) bond motifs is 2. The Labute approximate surface area is 171 Å². The van der Waals surface area contributed by atoms with Crippen LogP contribution in [0.4, 0.5) is 5.13 Å². The number of benzene rings is 2. The lowest BCUT2D eigenvalue weighted by Gasteiger charge is -2.22. The average molecular weight is 402 g/mol. The van der Waals surface area contributed by atoms with Crippen LogP contribution in [0.15, 0.2) is 57.1 Å². The second-order valence-corrected chi connectivity index (χ2v) is 8.27. The summed E-state index contributed by atoms with van der Waals surface area (Å²) in [5.41, 5.74) is 4.40. The van der Waals surface area contributed by atoms with Gasteiger partial charge in [-0.15, -0.1) is 11.3 Å². The molecule has 0 unspecified atom stereocenters. The standard InChI is InChI=1S/C23H18N2O3S/c1-12-4-7-15(8-5-12)19-18-20(26)16-10-13(2)6-9-17(16)28-21(18)22(27)25(19)23-24-14(3)11-29-23/h4-11,19H,1-3H3/t19-/m1/s1. The molecule has 5 rings (SSSR count). The maximum atomic E-state index is 13.5. The molecule has 0 saturated heterocycles. The molecule has 2 aromatic heterocycles. The van der Waals surface area contributed by atoms with Gasteiger partial charge in [0.2, 0.25) is 5.76 Å². The maximum Gasteiger partial charge on any atom is 0.297 e. The summed E-state index contributed by atoms with van der Waals surface area (Å²) in [4.78, 5) is 33.0. The molecule has 6 heteroatoms. The van der Waals surface area contributed by atoms with Gasteiger partial charge in [0.1, 0.15) is 5.58 Å². The van der Waals surface area contributed by atoms with E-state index in [2.05, 4.69) is 4.98 Å². The number of aryl methyl sites for hydroxylation is 3. The van der Waals surface area contributed by atoms with E-state index in [4.69, 9.17) is 4.42 Å². The van der Waals surface area contributed by atoms with Crippen molar-refractivity contribution in [3.05, 3.63) is 91.8 Å². The Bertz CT molecular complexity index is 1330. The Morgan fingerprint density at radius 2 is 1.72 bits per heavy atom. The van der Waals surface area contributed by atoms with Crippen LogP contribution in [0.1, 0.15) is 44.5 Å². The number of hydrogen-bond acceptors (Lipinski definition) is 5. The molecule has 0 radical (unpaired) electrons. The van der Waals surface area contributed by atoms with Crippen LogP contribution in [0.5, 0.6) is 0 Å². The van der Waals surface area contributed by atoms with Crippen LogP contribution in [0.2, 0.25) is 0 Å². The summed E-state index contributed by atoms with van der Waals surface area (Å²) in [6, 6.07) is 12.7. The molecule has 0 saturated carbocycles. The van der Waals surface area contributed by atoms with E-state index >= 15 is 0 Å². The third-order valence-electron chi connectivity index (χ3n) is 5.23. The number of carbonyl (C=O) groups is 1. The minimum atomic E-state index is -0.565. The van der Waals surface area contributed by atoms with Gasteiger partial charge in [-0.05, 0) is 38.5 Å². The highest BCUT2D eigenvalue weighted by Crippen LogP contribution is 2.42. The van der Waals surface area contributed by atoms with Crippen molar-refractivity contribution < 1.29 is 9.21 Å². The first-order chi connectivity index (χ1) is 13.9. The van der Waals surface area contributed by atoms with Gasteiger partial charge in [0.15, 0.2) is 10.6 Å². The molecule has 4 aromatic rings. The van der Waals surface area contributed by atoms with Crippen LogP contribution in [-0.4, -0.2) is 10.9 Å². The van der Waals surface area contributed by atoms with E-state index in [0.717, 1.165) is 22.4 Å². The summed E-state index contributed by atoms with van der Waals surface area (Å²) >= 11 is 1.39. The van der Waals surface area contributed by atoms with Gasteiger partial charge in [0, 0.05) is 5.38 Å². The summed E-state index contributed by atoms with van der Waals surface area (Å²) in [6.45, 7) is 5.82. The summed E-state index contributed by atoms with van der Waals surface area (Å²) < 4.78 is 5.97. The highest BCUT2D eigenvalue weighted by molar-refractivity contribution is 7.14. The monoisotopic (exact) mass is 402 g/mol. The zero-order chi connectivity index (χ0) is 20.3. The summed E-state index contributed by atoms with van der Waals surface area (Å²) in [5, 5.41) is 2.95. The lowest BCUT2D eigenvalue weighted by Crippen LogP contribution is -2.29. The van der Waals surface area contributed by atoms with Gasteiger partial charge in [-0.3, -0.25) is 14.5 Å². The van der Waals surface area contributed by atoms with Crippen molar-refractivity contribution in [3.8, 4) is 0 Å². The van der Waals surface area contributed by atoms with Crippen LogP contribution in [0, 0.1) is 20.8 Å². The van der Waals surface area contributed by atoms with E-state index in [0.29, 0.717) is 21.7 Å². The lowest BCUT2D eigenvalue weighted by atomic mass is 9.97. The molecule has 1 aliphatic rings. The molecule has 3 heterocycles. The first-order valence-electron chi connectivity index (χ1n) is 9.33. The number of nitrogens with zero attached hydrogens (tertiary/aromatic N) is 2. The second-order valence-electron chi connectivity index (χ2n) is 7.43. The fraction of sp³-hybridized carbons (Fsp3) is 0.174. The number of aromatic nitrogens is 1. The largest absolute Gasteiger partial charge is 0.450 e. The SMILES string of the molecule is Cc1ccc([C@@H]2c3c(oc4ccc(C)cc4c3=O)C(=O)N2c2nc(C)cs2)cc1. The predicted molar refractivity (Wildman–Crippen MR) is 114 cm³/mol. The summed E-state index contributed by atoms with van der Waals surface area (Å²) in [7, 11) is 0. The molecule has 0 spiro atoms. The van der Waals surface area contributed by atoms with Crippen LogP contribution in [0.25, 0.3) is 11.0 Å². The molecule has 0 bridgehead atoms. The van der Waals surface area contributed by atoms with E-state index in [1.165, 1.54) is 11.3 Å². The highest BCUT2D eigenvalue weighted by Gasteiger charge is 2.44. The molecule has 29 heavy (non-hydrogen) atoms. The van der Waals surface area contributed by atoms with Crippen LogP contribution in [-0.2, 0) is 0 Å². The van der Waals surface area contributed by atoms with Gasteiger partial charge in [-0.1, -0.05) is 41.5 Å².